The summed E-state index contributed by atoms with van der Waals surface area (Å²) in [6.45, 7) is 3.97. The van der Waals surface area contributed by atoms with Gasteiger partial charge in [-0.1, -0.05) is 51.0 Å². The van der Waals surface area contributed by atoms with Crippen molar-refractivity contribution in [3.63, 3.8) is 0 Å². The molecule has 1 nitrogen and oxygen atoms in total. The topological polar surface area (TPSA) is 20.2 Å². The third-order valence-corrected chi connectivity index (χ3v) is 3.59. The molecule has 0 saturated heterocycles. The molecule has 1 aliphatic rings. The van der Waals surface area contributed by atoms with Crippen LogP contribution in [0.1, 0.15) is 64.2 Å². The lowest BCUT2D eigenvalue weighted by Gasteiger charge is -2.25. The van der Waals surface area contributed by atoms with Gasteiger partial charge < -0.3 is 5.11 Å². The fourth-order valence-corrected chi connectivity index (χ4v) is 2.34. The molecule has 0 aromatic heterocycles. The molecule has 1 heteroatoms. The van der Waals surface area contributed by atoms with Gasteiger partial charge in [0.25, 0.3) is 0 Å². The van der Waals surface area contributed by atoms with Crippen molar-refractivity contribution in [2.75, 3.05) is 0 Å². The van der Waals surface area contributed by atoms with Crippen LogP contribution in [-0.4, -0.2) is 10.7 Å². The standard InChI is InChI=1S/C15H24O/c1-3-15(16)13-11-9-7-5-4-6-8-10-12-14(15)2/h1,16H,2,4-13H2. The second-order valence-corrected chi connectivity index (χ2v) is 4.94. The fraction of sp³-hybridized carbons (Fsp3) is 0.733. The lowest BCUT2D eigenvalue weighted by molar-refractivity contribution is 0.122. The van der Waals surface area contributed by atoms with E-state index in [9.17, 15) is 5.11 Å². The van der Waals surface area contributed by atoms with Crippen molar-refractivity contribution >= 4 is 0 Å². The number of hydrogen-bond donors (Lipinski definition) is 1. The van der Waals surface area contributed by atoms with Gasteiger partial charge in [0.05, 0.1) is 0 Å². The first-order valence-corrected chi connectivity index (χ1v) is 6.57. The van der Waals surface area contributed by atoms with Crippen molar-refractivity contribution in [1.29, 1.82) is 0 Å². The summed E-state index contributed by atoms with van der Waals surface area (Å²) in [5, 5.41) is 10.3. The van der Waals surface area contributed by atoms with Crippen LogP contribution >= 0.6 is 0 Å². The van der Waals surface area contributed by atoms with E-state index in [4.69, 9.17) is 6.42 Å². The van der Waals surface area contributed by atoms with Crippen molar-refractivity contribution in [2.45, 2.75) is 69.8 Å². The third-order valence-electron chi connectivity index (χ3n) is 3.59. The summed E-state index contributed by atoms with van der Waals surface area (Å²) < 4.78 is 0. The van der Waals surface area contributed by atoms with Crippen LogP contribution < -0.4 is 0 Å². The van der Waals surface area contributed by atoms with Crippen LogP contribution in [0.25, 0.3) is 0 Å². The Bertz CT molecular complexity index is 261. The quantitative estimate of drug-likeness (QED) is 0.486. The zero-order valence-corrected chi connectivity index (χ0v) is 10.3. The molecule has 90 valence electrons. The van der Waals surface area contributed by atoms with Crippen molar-refractivity contribution in [2.24, 2.45) is 0 Å². The molecule has 1 unspecified atom stereocenters. The third kappa shape index (κ3) is 4.02. The van der Waals surface area contributed by atoms with E-state index in [0.29, 0.717) is 6.42 Å². The normalized spacial score (nSPS) is 29.9. The van der Waals surface area contributed by atoms with Gasteiger partial charge in [0.2, 0.25) is 0 Å². The lowest BCUT2D eigenvalue weighted by atomic mass is 9.86. The molecular weight excluding hydrogens is 196 g/mol. The molecule has 1 atom stereocenters. The Kier molecular flexibility index (Phi) is 5.63. The molecule has 0 aliphatic heterocycles. The summed E-state index contributed by atoms with van der Waals surface area (Å²) in [5.74, 6) is 2.54. The molecule has 1 N–H and O–H groups in total. The van der Waals surface area contributed by atoms with Crippen molar-refractivity contribution in [3.05, 3.63) is 12.2 Å². The average molecular weight is 220 g/mol. The Balaban J connectivity index is 2.54. The summed E-state index contributed by atoms with van der Waals surface area (Å²) in [6.07, 6.45) is 16.8. The maximum Gasteiger partial charge on any atom is 0.146 e. The van der Waals surface area contributed by atoms with Gasteiger partial charge in [-0.2, -0.15) is 0 Å². The zero-order chi connectivity index (χ0) is 11.9. The largest absolute Gasteiger partial charge is 0.374 e. The van der Waals surface area contributed by atoms with Crippen LogP contribution in [0.4, 0.5) is 0 Å². The molecule has 1 aliphatic carbocycles. The van der Waals surface area contributed by atoms with Gasteiger partial charge in [0.1, 0.15) is 5.60 Å². The Hall–Kier alpha value is -0.740. The van der Waals surface area contributed by atoms with Gasteiger partial charge in [0.15, 0.2) is 0 Å². The number of aliphatic hydroxyl groups is 1. The van der Waals surface area contributed by atoms with Crippen LogP contribution in [0.5, 0.6) is 0 Å². The smallest absolute Gasteiger partial charge is 0.146 e. The average Bonchev–Trinajstić information content (AvgIpc) is 2.29. The van der Waals surface area contributed by atoms with Crippen molar-refractivity contribution in [1.82, 2.24) is 0 Å². The first kappa shape index (κ1) is 13.3. The van der Waals surface area contributed by atoms with Gasteiger partial charge in [0, 0.05) is 0 Å². The maximum absolute atomic E-state index is 10.3. The summed E-state index contributed by atoms with van der Waals surface area (Å²) in [5.41, 5.74) is -0.199. The van der Waals surface area contributed by atoms with E-state index in [0.717, 1.165) is 24.8 Å². The summed E-state index contributed by atoms with van der Waals surface area (Å²) >= 11 is 0. The van der Waals surface area contributed by atoms with Gasteiger partial charge >= 0.3 is 0 Å². The highest BCUT2D eigenvalue weighted by molar-refractivity contribution is 5.26. The molecule has 0 amide bonds. The van der Waals surface area contributed by atoms with E-state index >= 15 is 0 Å². The molecule has 1 rings (SSSR count). The zero-order valence-electron chi connectivity index (χ0n) is 10.3. The summed E-state index contributed by atoms with van der Waals surface area (Å²) in [4.78, 5) is 0. The minimum atomic E-state index is -1.04. The second kappa shape index (κ2) is 6.76. The van der Waals surface area contributed by atoms with E-state index in [1.165, 1.54) is 38.5 Å². The molecule has 1 saturated carbocycles. The van der Waals surface area contributed by atoms with E-state index in [2.05, 4.69) is 12.5 Å². The van der Waals surface area contributed by atoms with E-state index in [1.807, 2.05) is 0 Å². The SMILES string of the molecule is C#CC1(O)CCCCCCCCCCC1=C. The highest BCUT2D eigenvalue weighted by atomic mass is 16.3. The number of hydrogen-bond acceptors (Lipinski definition) is 1. The predicted molar refractivity (Wildman–Crippen MR) is 69.1 cm³/mol. The summed E-state index contributed by atoms with van der Waals surface area (Å²) in [6, 6.07) is 0. The Morgan fingerprint density at radius 3 is 2.06 bits per heavy atom. The number of rotatable bonds is 0. The van der Waals surface area contributed by atoms with E-state index in [1.54, 1.807) is 0 Å². The van der Waals surface area contributed by atoms with Crippen LogP contribution in [0, 0.1) is 12.3 Å². The number of terminal acetylenes is 1. The minimum absolute atomic E-state index is 0.683. The molecule has 0 radical (unpaired) electrons. The molecule has 16 heavy (non-hydrogen) atoms. The second-order valence-electron chi connectivity index (χ2n) is 4.94. The highest BCUT2D eigenvalue weighted by Crippen LogP contribution is 2.27. The minimum Gasteiger partial charge on any atom is -0.374 e. The predicted octanol–water partition coefficient (Wildman–Crippen LogP) is 3.82. The molecule has 0 aromatic carbocycles. The van der Waals surface area contributed by atoms with Crippen molar-refractivity contribution < 1.29 is 5.11 Å². The first-order valence-electron chi connectivity index (χ1n) is 6.57. The fourth-order valence-electron chi connectivity index (χ4n) is 2.34. The van der Waals surface area contributed by atoms with E-state index in [-0.39, 0.29) is 0 Å². The van der Waals surface area contributed by atoms with Crippen LogP contribution in [0.3, 0.4) is 0 Å². The Morgan fingerprint density at radius 1 is 1.00 bits per heavy atom. The van der Waals surface area contributed by atoms with Gasteiger partial charge in [-0.15, -0.1) is 6.42 Å². The lowest BCUT2D eigenvalue weighted by Crippen LogP contribution is -2.28. The molecule has 0 heterocycles. The molecule has 0 spiro atoms. The van der Waals surface area contributed by atoms with Crippen LogP contribution in [0.15, 0.2) is 12.2 Å². The Morgan fingerprint density at radius 2 is 1.50 bits per heavy atom. The van der Waals surface area contributed by atoms with Gasteiger partial charge in [-0.3, -0.25) is 0 Å². The molecule has 1 fully saturated rings. The van der Waals surface area contributed by atoms with Crippen LogP contribution in [-0.2, 0) is 0 Å². The molecular formula is C15H24O. The summed E-state index contributed by atoms with van der Waals surface area (Å²) in [7, 11) is 0. The monoisotopic (exact) mass is 220 g/mol. The highest BCUT2D eigenvalue weighted by Gasteiger charge is 2.26. The van der Waals surface area contributed by atoms with Crippen LogP contribution in [0.2, 0.25) is 0 Å². The Labute approximate surface area is 99.9 Å². The molecule has 0 aromatic rings. The van der Waals surface area contributed by atoms with Gasteiger partial charge in [-0.05, 0) is 31.3 Å². The first-order chi connectivity index (χ1) is 7.69. The van der Waals surface area contributed by atoms with Crippen molar-refractivity contribution in [3.8, 4) is 12.3 Å². The molecule has 0 bridgehead atoms. The van der Waals surface area contributed by atoms with Gasteiger partial charge in [-0.25, -0.2) is 0 Å². The van der Waals surface area contributed by atoms with E-state index < -0.39 is 5.60 Å². The maximum atomic E-state index is 10.3.